The number of carbonyl (C=O) groups is 1. The number of benzene rings is 1. The summed E-state index contributed by atoms with van der Waals surface area (Å²) in [5, 5.41) is 17.9. The van der Waals surface area contributed by atoms with Crippen molar-refractivity contribution in [3.05, 3.63) is 23.8 Å². The van der Waals surface area contributed by atoms with E-state index in [-0.39, 0.29) is 4.90 Å². The average Bonchev–Trinajstić information content (AvgIpc) is 2.17. The molecule has 0 fully saturated rings. The molecule has 0 spiro atoms. The molecule has 0 amide bonds. The van der Waals surface area contributed by atoms with E-state index in [1.807, 2.05) is 0 Å². The van der Waals surface area contributed by atoms with E-state index in [1.165, 1.54) is 0 Å². The second kappa shape index (κ2) is 4.47. The number of nitrogens with one attached hydrogen (secondary N) is 1. The molecule has 1 aromatic rings. The quantitative estimate of drug-likeness (QED) is 0.642. The highest BCUT2D eigenvalue weighted by atomic mass is 32.2. The summed E-state index contributed by atoms with van der Waals surface area (Å²) in [6.45, 7) is 0. The Hall–Kier alpha value is -1.64. The Morgan fingerprint density at radius 3 is 2.56 bits per heavy atom. The predicted molar refractivity (Wildman–Crippen MR) is 52.4 cm³/mol. The number of hydrogen-bond donors (Lipinski definition) is 3. The highest BCUT2D eigenvalue weighted by Crippen LogP contribution is 2.21. The minimum Gasteiger partial charge on any atom is -0.507 e. The molecule has 0 aliphatic rings. The van der Waals surface area contributed by atoms with Gasteiger partial charge in [-0.1, -0.05) is 4.89 Å². The topological polar surface area (TPSA) is 113 Å². The number of hydrogen-bond acceptors (Lipinski definition) is 5. The first-order valence-electron chi connectivity index (χ1n) is 3.99. The molecule has 16 heavy (non-hydrogen) atoms. The van der Waals surface area contributed by atoms with Crippen molar-refractivity contribution in [2.75, 3.05) is 7.11 Å². The first-order valence-corrected chi connectivity index (χ1v) is 5.48. The van der Waals surface area contributed by atoms with Gasteiger partial charge in [0, 0.05) is 0 Å². The van der Waals surface area contributed by atoms with Crippen molar-refractivity contribution < 1.29 is 28.3 Å². The molecule has 0 saturated heterocycles. The van der Waals surface area contributed by atoms with Crippen LogP contribution in [0.2, 0.25) is 0 Å². The molecule has 3 N–H and O–H groups in total. The zero-order chi connectivity index (χ0) is 12.3. The normalized spacial score (nSPS) is 11.3. The van der Waals surface area contributed by atoms with E-state index in [2.05, 4.69) is 4.84 Å². The average molecular weight is 247 g/mol. The molecule has 0 bridgehead atoms. The van der Waals surface area contributed by atoms with Crippen molar-refractivity contribution >= 4 is 16.0 Å². The van der Waals surface area contributed by atoms with Crippen LogP contribution in [0.4, 0.5) is 0 Å². The van der Waals surface area contributed by atoms with Gasteiger partial charge in [0.15, 0.2) is 0 Å². The van der Waals surface area contributed by atoms with Gasteiger partial charge in [0.2, 0.25) is 0 Å². The van der Waals surface area contributed by atoms with Gasteiger partial charge in [-0.25, -0.2) is 13.2 Å². The maximum absolute atomic E-state index is 11.4. The Labute approximate surface area is 91.3 Å². The zero-order valence-corrected chi connectivity index (χ0v) is 8.98. The van der Waals surface area contributed by atoms with Crippen molar-refractivity contribution in [3.63, 3.8) is 0 Å². The second-order valence-electron chi connectivity index (χ2n) is 2.78. The fraction of sp³-hybridized carbons (Fsp3) is 0.125. The molecule has 0 aliphatic heterocycles. The van der Waals surface area contributed by atoms with Crippen LogP contribution in [0.15, 0.2) is 23.1 Å². The first-order chi connectivity index (χ1) is 7.38. The third-order valence-corrected chi connectivity index (χ3v) is 2.96. The summed E-state index contributed by atoms with van der Waals surface area (Å²) < 4.78 is 22.8. The first kappa shape index (κ1) is 12.4. The van der Waals surface area contributed by atoms with E-state index in [9.17, 15) is 18.3 Å². The lowest BCUT2D eigenvalue weighted by Crippen LogP contribution is -2.22. The summed E-state index contributed by atoms with van der Waals surface area (Å²) >= 11 is 0. The molecule has 7 nitrogen and oxygen atoms in total. The number of sulfonamides is 1. The molecule has 8 heteroatoms. The lowest BCUT2D eigenvalue weighted by atomic mass is 10.2. The molecule has 0 atom stereocenters. The fourth-order valence-corrected chi connectivity index (χ4v) is 1.85. The van der Waals surface area contributed by atoms with Crippen molar-refractivity contribution in [2.45, 2.75) is 4.90 Å². The number of aromatic carboxylic acids is 1. The van der Waals surface area contributed by atoms with Crippen molar-refractivity contribution in [2.24, 2.45) is 0 Å². The highest BCUT2D eigenvalue weighted by molar-refractivity contribution is 7.89. The smallest absolute Gasteiger partial charge is 0.339 e. The van der Waals surface area contributed by atoms with Crippen molar-refractivity contribution in [1.82, 2.24) is 4.89 Å². The van der Waals surface area contributed by atoms with Crippen molar-refractivity contribution in [3.8, 4) is 5.75 Å². The summed E-state index contributed by atoms with van der Waals surface area (Å²) in [7, 11) is -2.82. The minimum absolute atomic E-state index is 0.315. The van der Waals surface area contributed by atoms with Gasteiger partial charge in [-0.2, -0.15) is 0 Å². The highest BCUT2D eigenvalue weighted by Gasteiger charge is 2.18. The summed E-state index contributed by atoms with van der Waals surface area (Å²) in [5.74, 6) is -1.93. The van der Waals surface area contributed by atoms with E-state index in [0.29, 0.717) is 0 Å². The molecule has 88 valence electrons. The second-order valence-corrected chi connectivity index (χ2v) is 4.42. The summed E-state index contributed by atoms with van der Waals surface area (Å²) in [6, 6.07) is 2.87. The van der Waals surface area contributed by atoms with Crippen LogP contribution < -0.4 is 4.89 Å². The standard InChI is InChI=1S/C8H9NO6S/c1-15-9-16(13,14)5-2-3-7(10)6(4-5)8(11)12/h2-4,9-10H,1H3,(H,11,12). The third-order valence-electron chi connectivity index (χ3n) is 1.70. The molecule has 0 saturated carbocycles. The lowest BCUT2D eigenvalue weighted by Gasteiger charge is -2.06. The molecule has 0 heterocycles. The van der Waals surface area contributed by atoms with Crippen LogP contribution in [0.1, 0.15) is 10.4 Å². The van der Waals surface area contributed by atoms with Gasteiger partial charge >= 0.3 is 5.97 Å². The van der Waals surface area contributed by atoms with Gasteiger partial charge < -0.3 is 10.2 Å². The Morgan fingerprint density at radius 2 is 2.06 bits per heavy atom. The fourth-order valence-electron chi connectivity index (χ4n) is 1.01. The van der Waals surface area contributed by atoms with Crippen LogP contribution in [0.5, 0.6) is 5.75 Å². The van der Waals surface area contributed by atoms with Crippen LogP contribution >= 0.6 is 0 Å². The third kappa shape index (κ3) is 2.48. The molecule has 1 rings (SSSR count). The van der Waals surface area contributed by atoms with Gasteiger partial charge in [0.25, 0.3) is 10.0 Å². The summed E-state index contributed by atoms with van der Waals surface area (Å²) in [4.78, 5) is 16.3. The number of rotatable bonds is 4. The lowest BCUT2D eigenvalue weighted by molar-refractivity contribution is 0.0693. The number of aromatic hydroxyl groups is 1. The summed E-state index contributed by atoms with van der Waals surface area (Å²) in [5.41, 5.74) is -0.501. The number of phenols is 1. The predicted octanol–water partition coefficient (Wildman–Crippen LogP) is -0.0699. The molecular formula is C8H9NO6S. The van der Waals surface area contributed by atoms with Crippen LogP contribution in [0.25, 0.3) is 0 Å². The molecule has 0 aromatic heterocycles. The Kier molecular flexibility index (Phi) is 3.48. The van der Waals surface area contributed by atoms with Gasteiger partial charge in [-0.3, -0.25) is 4.84 Å². The Balaban J connectivity index is 3.28. The van der Waals surface area contributed by atoms with Gasteiger partial charge in [-0.15, -0.1) is 0 Å². The van der Waals surface area contributed by atoms with Gasteiger partial charge in [0.1, 0.15) is 11.3 Å². The largest absolute Gasteiger partial charge is 0.507 e. The minimum atomic E-state index is -3.93. The van der Waals surface area contributed by atoms with Crippen LogP contribution in [0.3, 0.4) is 0 Å². The molecule has 0 radical (unpaired) electrons. The van der Waals surface area contributed by atoms with E-state index in [1.54, 1.807) is 4.89 Å². The van der Waals surface area contributed by atoms with E-state index in [0.717, 1.165) is 25.3 Å². The van der Waals surface area contributed by atoms with Crippen LogP contribution in [0, 0.1) is 0 Å². The monoisotopic (exact) mass is 247 g/mol. The maximum Gasteiger partial charge on any atom is 0.339 e. The molecule has 0 aliphatic carbocycles. The zero-order valence-electron chi connectivity index (χ0n) is 8.17. The number of carboxylic acids is 1. The van der Waals surface area contributed by atoms with Gasteiger partial charge in [-0.05, 0) is 18.2 Å². The maximum atomic E-state index is 11.4. The molecule has 0 unspecified atom stereocenters. The van der Waals surface area contributed by atoms with E-state index in [4.69, 9.17) is 5.11 Å². The van der Waals surface area contributed by atoms with Gasteiger partial charge in [0.05, 0.1) is 12.0 Å². The van der Waals surface area contributed by atoms with Crippen molar-refractivity contribution in [1.29, 1.82) is 0 Å². The Bertz CT molecular complexity index is 509. The van der Waals surface area contributed by atoms with Crippen LogP contribution in [-0.4, -0.2) is 31.7 Å². The number of carboxylic acid groups (broad SMARTS) is 1. The Morgan fingerprint density at radius 1 is 1.44 bits per heavy atom. The molecular weight excluding hydrogens is 238 g/mol. The van der Waals surface area contributed by atoms with Crippen LogP contribution in [-0.2, 0) is 14.9 Å². The SMILES string of the molecule is CONS(=O)(=O)c1ccc(O)c(C(=O)O)c1. The summed E-state index contributed by atoms with van der Waals surface area (Å²) in [6.07, 6.45) is 0. The molecule has 1 aromatic carbocycles. The van der Waals surface area contributed by atoms with E-state index >= 15 is 0 Å². The van der Waals surface area contributed by atoms with E-state index < -0.39 is 27.3 Å².